The minimum absolute atomic E-state index is 0.137. The number of halogens is 6. The summed E-state index contributed by atoms with van der Waals surface area (Å²) in [7, 11) is -12.3. The third-order valence-electron chi connectivity index (χ3n) is 4.07. The minimum Gasteiger partial charge on any atom is -0.464 e. The minimum atomic E-state index is -6.77. The van der Waals surface area contributed by atoms with Crippen molar-refractivity contribution in [3.8, 4) is 11.5 Å². The van der Waals surface area contributed by atoms with Crippen molar-refractivity contribution in [2.24, 2.45) is 0 Å². The first-order chi connectivity index (χ1) is 16.4. The summed E-state index contributed by atoms with van der Waals surface area (Å²) in [5.74, 6) is -7.54. The summed E-state index contributed by atoms with van der Waals surface area (Å²) < 4.78 is 141. The molecule has 36 heavy (non-hydrogen) atoms. The van der Waals surface area contributed by atoms with Crippen LogP contribution in [0.4, 0.5) is 26.3 Å². The SMILES string of the molecule is COC(=O)c1c(OS(=O)(=O)C(F)(F)F)c(OS(=O)(=O)C(F)(F)F)c(C(=O)OC)n1Cc1ccccc1. The molecule has 0 saturated carbocycles. The predicted molar refractivity (Wildman–Crippen MR) is 104 cm³/mol. The van der Waals surface area contributed by atoms with Crippen molar-refractivity contribution in [2.75, 3.05) is 14.2 Å². The topological polar surface area (TPSA) is 144 Å². The normalized spacial score (nSPS) is 12.7. The maximum atomic E-state index is 13.0. The number of benzene rings is 1. The lowest BCUT2D eigenvalue weighted by Gasteiger charge is -2.13. The van der Waals surface area contributed by atoms with Crippen LogP contribution in [0.25, 0.3) is 0 Å². The Balaban J connectivity index is 3.06. The average molecular weight is 569 g/mol. The lowest BCUT2D eigenvalue weighted by molar-refractivity contribution is -0.0513. The first kappa shape index (κ1) is 28.8. The third kappa shape index (κ3) is 5.66. The van der Waals surface area contributed by atoms with Crippen LogP contribution in [0.1, 0.15) is 26.5 Å². The molecule has 0 N–H and O–H groups in total. The van der Waals surface area contributed by atoms with Gasteiger partial charge in [-0.2, -0.15) is 43.2 Å². The molecular weight excluding hydrogens is 556 g/mol. The third-order valence-corrected chi connectivity index (χ3v) is 5.98. The van der Waals surface area contributed by atoms with Gasteiger partial charge in [-0.15, -0.1) is 0 Å². The second kappa shape index (κ2) is 9.88. The van der Waals surface area contributed by atoms with Crippen LogP contribution >= 0.6 is 0 Å². The van der Waals surface area contributed by atoms with Crippen molar-refractivity contribution in [3.05, 3.63) is 47.3 Å². The molecule has 0 aliphatic rings. The van der Waals surface area contributed by atoms with Crippen LogP contribution in [0.2, 0.25) is 0 Å². The van der Waals surface area contributed by atoms with Gasteiger partial charge in [-0.1, -0.05) is 30.3 Å². The summed E-state index contributed by atoms with van der Waals surface area (Å²) >= 11 is 0. The van der Waals surface area contributed by atoms with Gasteiger partial charge < -0.3 is 22.4 Å². The van der Waals surface area contributed by atoms with Gasteiger partial charge in [0.15, 0.2) is 11.4 Å². The molecular formula is C17H13F6NO10S2. The van der Waals surface area contributed by atoms with E-state index in [2.05, 4.69) is 17.8 Å². The van der Waals surface area contributed by atoms with E-state index in [0.717, 1.165) is 0 Å². The van der Waals surface area contributed by atoms with E-state index >= 15 is 0 Å². The number of carbonyl (C=O) groups is 2. The van der Waals surface area contributed by atoms with Crippen LogP contribution in [-0.4, -0.2) is 58.6 Å². The number of carbonyl (C=O) groups excluding carboxylic acids is 2. The van der Waals surface area contributed by atoms with Crippen molar-refractivity contribution in [1.29, 1.82) is 0 Å². The molecule has 0 aliphatic carbocycles. The Morgan fingerprint density at radius 2 is 1.11 bits per heavy atom. The molecule has 11 nitrogen and oxygen atoms in total. The Bertz CT molecular complexity index is 1280. The fourth-order valence-electron chi connectivity index (χ4n) is 2.56. The summed E-state index contributed by atoms with van der Waals surface area (Å²) in [5, 5.41) is 0. The number of hydrogen-bond donors (Lipinski definition) is 0. The van der Waals surface area contributed by atoms with E-state index in [9.17, 15) is 52.8 Å². The van der Waals surface area contributed by atoms with E-state index < -0.39 is 72.6 Å². The molecule has 1 heterocycles. The Hall–Kier alpha value is -3.48. The lowest BCUT2D eigenvalue weighted by atomic mass is 10.2. The van der Waals surface area contributed by atoms with Gasteiger partial charge in [-0.25, -0.2) is 9.59 Å². The fraction of sp³-hybridized carbons (Fsp3) is 0.294. The highest BCUT2D eigenvalue weighted by Crippen LogP contribution is 2.44. The summed E-state index contributed by atoms with van der Waals surface area (Å²) in [6.45, 7) is -0.743. The molecule has 0 radical (unpaired) electrons. The molecule has 2 aromatic rings. The van der Waals surface area contributed by atoms with Crippen LogP contribution < -0.4 is 8.37 Å². The molecule has 0 spiro atoms. The van der Waals surface area contributed by atoms with E-state index in [-0.39, 0.29) is 5.56 Å². The highest BCUT2D eigenvalue weighted by molar-refractivity contribution is 7.88. The highest BCUT2D eigenvalue weighted by Gasteiger charge is 2.53. The summed E-state index contributed by atoms with van der Waals surface area (Å²) in [6.07, 6.45) is 0. The fourth-order valence-corrected chi connectivity index (χ4v) is 3.50. The summed E-state index contributed by atoms with van der Waals surface area (Å²) in [4.78, 5) is 24.9. The molecule has 2 rings (SSSR count). The first-order valence-corrected chi connectivity index (χ1v) is 11.7. The van der Waals surface area contributed by atoms with Gasteiger partial charge in [-0.3, -0.25) is 0 Å². The predicted octanol–water partition coefficient (Wildman–Crippen LogP) is 2.57. The number of alkyl halides is 6. The highest BCUT2D eigenvalue weighted by atomic mass is 32.2. The Labute approximate surface area is 198 Å². The zero-order chi connectivity index (χ0) is 27.7. The van der Waals surface area contributed by atoms with Gasteiger partial charge in [0.2, 0.25) is 11.5 Å². The molecule has 19 heteroatoms. The van der Waals surface area contributed by atoms with Gasteiger partial charge in [-0.05, 0) is 5.56 Å². The maximum absolute atomic E-state index is 13.0. The smallest absolute Gasteiger partial charge is 0.464 e. The zero-order valence-electron chi connectivity index (χ0n) is 17.7. The van der Waals surface area contributed by atoms with Gasteiger partial charge in [0, 0.05) is 6.54 Å². The van der Waals surface area contributed by atoms with Crippen molar-refractivity contribution in [2.45, 2.75) is 17.6 Å². The Morgan fingerprint density at radius 1 is 0.750 bits per heavy atom. The standard InChI is InChI=1S/C17H13F6NO10S2/c1-31-14(25)10-12(33-35(27,28)16(18,19)20)13(34-36(29,30)17(21,22)23)11(15(26)32-2)24(10)8-9-6-4-3-5-7-9/h3-7H,8H2,1-2H3. The van der Waals surface area contributed by atoms with E-state index in [1.54, 1.807) is 0 Å². The van der Waals surface area contributed by atoms with Crippen LogP contribution in [-0.2, 0) is 36.3 Å². The Morgan fingerprint density at radius 3 is 1.42 bits per heavy atom. The Kier molecular flexibility index (Phi) is 7.89. The monoisotopic (exact) mass is 569 g/mol. The first-order valence-electron chi connectivity index (χ1n) is 8.86. The van der Waals surface area contributed by atoms with Crippen LogP contribution in [0.3, 0.4) is 0 Å². The van der Waals surface area contributed by atoms with Gasteiger partial charge >= 0.3 is 43.2 Å². The van der Waals surface area contributed by atoms with E-state index in [4.69, 9.17) is 0 Å². The molecule has 1 aromatic heterocycles. The molecule has 0 saturated heterocycles. The average Bonchev–Trinajstić information content (AvgIpc) is 3.03. The second-order valence-corrected chi connectivity index (χ2v) is 9.45. The quantitative estimate of drug-likeness (QED) is 0.201. The summed E-state index contributed by atoms with van der Waals surface area (Å²) in [5.41, 5.74) is -15.1. The van der Waals surface area contributed by atoms with Crippen LogP contribution in [0.15, 0.2) is 30.3 Å². The maximum Gasteiger partial charge on any atom is 0.534 e. The van der Waals surface area contributed by atoms with E-state index in [1.165, 1.54) is 30.3 Å². The molecule has 0 aliphatic heterocycles. The number of methoxy groups -OCH3 is 2. The number of rotatable bonds is 8. The molecule has 0 unspecified atom stereocenters. The zero-order valence-corrected chi connectivity index (χ0v) is 19.3. The van der Waals surface area contributed by atoms with Crippen LogP contribution in [0.5, 0.6) is 11.5 Å². The molecule has 0 fully saturated rings. The van der Waals surface area contributed by atoms with E-state index in [1.807, 2.05) is 0 Å². The number of aromatic nitrogens is 1. The number of esters is 2. The van der Waals surface area contributed by atoms with Crippen molar-refractivity contribution in [3.63, 3.8) is 0 Å². The van der Waals surface area contributed by atoms with Crippen molar-refractivity contribution >= 4 is 32.2 Å². The molecule has 0 atom stereocenters. The molecule has 0 bridgehead atoms. The molecule has 200 valence electrons. The van der Waals surface area contributed by atoms with E-state index in [0.29, 0.717) is 18.8 Å². The largest absolute Gasteiger partial charge is 0.534 e. The second-order valence-electron chi connectivity index (χ2n) is 6.38. The molecule has 1 aromatic carbocycles. The number of nitrogens with zero attached hydrogens (tertiary/aromatic N) is 1. The van der Waals surface area contributed by atoms with Gasteiger partial charge in [0.05, 0.1) is 14.2 Å². The molecule has 0 amide bonds. The van der Waals surface area contributed by atoms with Crippen LogP contribution in [0, 0.1) is 0 Å². The number of hydrogen-bond acceptors (Lipinski definition) is 10. The summed E-state index contributed by atoms with van der Waals surface area (Å²) in [6, 6.07) is 6.96. The van der Waals surface area contributed by atoms with Crippen molar-refractivity contribution < 1.29 is 70.6 Å². The van der Waals surface area contributed by atoms with Gasteiger partial charge in [0.1, 0.15) is 0 Å². The van der Waals surface area contributed by atoms with Gasteiger partial charge in [0.25, 0.3) is 0 Å². The van der Waals surface area contributed by atoms with Crippen molar-refractivity contribution in [1.82, 2.24) is 4.57 Å². The lowest BCUT2D eigenvalue weighted by Crippen LogP contribution is -2.30. The number of ether oxygens (including phenoxy) is 2.